The van der Waals surface area contributed by atoms with E-state index in [1.807, 2.05) is 72.8 Å². The Labute approximate surface area is 194 Å². The number of hydrogen-bond donors (Lipinski definition) is 2. The van der Waals surface area contributed by atoms with Crippen molar-refractivity contribution >= 4 is 23.2 Å². The molecule has 1 saturated heterocycles. The third-order valence-corrected chi connectivity index (χ3v) is 5.74. The van der Waals surface area contributed by atoms with E-state index >= 15 is 0 Å². The van der Waals surface area contributed by atoms with Gasteiger partial charge in [-0.05, 0) is 42.7 Å². The van der Waals surface area contributed by atoms with Gasteiger partial charge in [-0.15, -0.1) is 0 Å². The molecule has 0 saturated carbocycles. The first-order chi connectivity index (χ1) is 16.2. The molecule has 170 valence electrons. The quantitative estimate of drug-likeness (QED) is 0.554. The summed E-state index contributed by atoms with van der Waals surface area (Å²) in [5.41, 5.74) is 3.36. The largest absolute Gasteiger partial charge is 0.378 e. The van der Waals surface area contributed by atoms with Crippen LogP contribution in [0, 0.1) is 0 Å². The second kappa shape index (κ2) is 11.3. The highest BCUT2D eigenvalue weighted by Crippen LogP contribution is 2.26. The molecule has 1 aliphatic rings. The van der Waals surface area contributed by atoms with Crippen molar-refractivity contribution in [1.82, 2.24) is 5.32 Å². The van der Waals surface area contributed by atoms with E-state index in [0.29, 0.717) is 31.6 Å². The van der Waals surface area contributed by atoms with Crippen molar-refractivity contribution in [2.75, 3.05) is 36.5 Å². The normalized spacial score (nSPS) is 14.4. The van der Waals surface area contributed by atoms with Crippen LogP contribution in [-0.4, -0.2) is 44.2 Å². The number of morpholine rings is 1. The SMILES string of the molecule is O=C(NC(CCc1ccccc1)C(=O)Nc1ccccc1N1CCOCC1)c1ccccc1. The Balaban J connectivity index is 1.50. The molecule has 0 radical (unpaired) electrons. The van der Waals surface area contributed by atoms with E-state index in [0.717, 1.165) is 30.0 Å². The predicted octanol–water partition coefficient (Wildman–Crippen LogP) is 3.89. The van der Waals surface area contributed by atoms with Gasteiger partial charge in [-0.2, -0.15) is 0 Å². The van der Waals surface area contributed by atoms with Gasteiger partial charge < -0.3 is 20.3 Å². The maximum absolute atomic E-state index is 13.4. The maximum Gasteiger partial charge on any atom is 0.251 e. The molecule has 6 heteroatoms. The molecule has 6 nitrogen and oxygen atoms in total. The average molecular weight is 444 g/mol. The first kappa shape index (κ1) is 22.6. The number of amides is 2. The van der Waals surface area contributed by atoms with E-state index in [4.69, 9.17) is 4.74 Å². The van der Waals surface area contributed by atoms with Gasteiger partial charge in [0, 0.05) is 18.7 Å². The molecule has 1 heterocycles. The molecule has 0 aromatic heterocycles. The smallest absolute Gasteiger partial charge is 0.251 e. The maximum atomic E-state index is 13.4. The lowest BCUT2D eigenvalue weighted by Gasteiger charge is -2.31. The first-order valence-electron chi connectivity index (χ1n) is 11.3. The van der Waals surface area contributed by atoms with Crippen molar-refractivity contribution < 1.29 is 14.3 Å². The van der Waals surface area contributed by atoms with Gasteiger partial charge >= 0.3 is 0 Å². The number of ether oxygens (including phenoxy) is 1. The zero-order chi connectivity index (χ0) is 22.9. The van der Waals surface area contributed by atoms with Crippen molar-refractivity contribution in [2.45, 2.75) is 18.9 Å². The summed E-state index contributed by atoms with van der Waals surface area (Å²) in [4.78, 5) is 28.4. The number of benzene rings is 3. The Kier molecular flexibility index (Phi) is 7.72. The predicted molar refractivity (Wildman–Crippen MR) is 131 cm³/mol. The molecule has 2 amide bonds. The van der Waals surface area contributed by atoms with Crippen LogP contribution in [0.3, 0.4) is 0 Å². The number of rotatable bonds is 8. The van der Waals surface area contributed by atoms with Gasteiger partial charge in [-0.25, -0.2) is 0 Å². The fourth-order valence-corrected chi connectivity index (χ4v) is 3.93. The second-order valence-electron chi connectivity index (χ2n) is 8.02. The molecule has 0 spiro atoms. The van der Waals surface area contributed by atoms with Crippen molar-refractivity contribution in [3.8, 4) is 0 Å². The molecule has 0 aliphatic carbocycles. The summed E-state index contributed by atoms with van der Waals surface area (Å²) in [6, 6.07) is 26.1. The molecule has 3 aromatic carbocycles. The fourth-order valence-electron chi connectivity index (χ4n) is 3.93. The molecule has 1 unspecified atom stereocenters. The van der Waals surface area contributed by atoms with Crippen LogP contribution in [0.5, 0.6) is 0 Å². The number of carbonyl (C=O) groups excluding carboxylic acids is 2. The number of nitrogens with zero attached hydrogens (tertiary/aromatic N) is 1. The molecule has 4 rings (SSSR count). The first-order valence-corrected chi connectivity index (χ1v) is 11.3. The molecule has 1 atom stereocenters. The minimum absolute atomic E-state index is 0.226. The zero-order valence-corrected chi connectivity index (χ0v) is 18.6. The van der Waals surface area contributed by atoms with E-state index in [1.54, 1.807) is 12.1 Å². The van der Waals surface area contributed by atoms with Gasteiger partial charge in [0.15, 0.2) is 0 Å². The number of hydrogen-bond acceptors (Lipinski definition) is 4. The van der Waals surface area contributed by atoms with E-state index < -0.39 is 6.04 Å². The second-order valence-corrected chi connectivity index (χ2v) is 8.02. The van der Waals surface area contributed by atoms with Crippen LogP contribution in [0.1, 0.15) is 22.3 Å². The van der Waals surface area contributed by atoms with E-state index in [9.17, 15) is 9.59 Å². The lowest BCUT2D eigenvalue weighted by Crippen LogP contribution is -2.44. The van der Waals surface area contributed by atoms with Crippen molar-refractivity contribution in [2.24, 2.45) is 0 Å². The number of carbonyl (C=O) groups is 2. The van der Waals surface area contributed by atoms with Crippen LogP contribution in [0.15, 0.2) is 84.9 Å². The molecular weight excluding hydrogens is 414 g/mol. The zero-order valence-electron chi connectivity index (χ0n) is 18.6. The fraction of sp³-hybridized carbons (Fsp3) is 0.259. The van der Waals surface area contributed by atoms with Crippen LogP contribution in [-0.2, 0) is 16.0 Å². The molecule has 2 N–H and O–H groups in total. The summed E-state index contributed by atoms with van der Waals surface area (Å²) >= 11 is 0. The van der Waals surface area contributed by atoms with E-state index in [-0.39, 0.29) is 11.8 Å². The average Bonchev–Trinajstić information content (AvgIpc) is 2.88. The van der Waals surface area contributed by atoms with Crippen molar-refractivity contribution in [3.63, 3.8) is 0 Å². The van der Waals surface area contributed by atoms with Gasteiger partial charge in [-0.1, -0.05) is 60.7 Å². The number of para-hydroxylation sites is 2. The van der Waals surface area contributed by atoms with Gasteiger partial charge in [-0.3, -0.25) is 9.59 Å². The lowest BCUT2D eigenvalue weighted by molar-refractivity contribution is -0.118. The van der Waals surface area contributed by atoms with E-state index in [1.165, 1.54) is 0 Å². The molecule has 1 aliphatic heterocycles. The number of anilines is 2. The monoisotopic (exact) mass is 443 g/mol. The molecule has 33 heavy (non-hydrogen) atoms. The highest BCUT2D eigenvalue weighted by molar-refractivity contribution is 6.02. The summed E-state index contributed by atoms with van der Waals surface area (Å²) in [7, 11) is 0. The van der Waals surface area contributed by atoms with Crippen LogP contribution < -0.4 is 15.5 Å². The lowest BCUT2D eigenvalue weighted by atomic mass is 10.0. The Morgan fingerprint density at radius 2 is 1.48 bits per heavy atom. The summed E-state index contributed by atoms with van der Waals surface area (Å²) in [6.07, 6.45) is 1.17. The molecule has 3 aromatic rings. The Morgan fingerprint density at radius 3 is 2.21 bits per heavy atom. The van der Waals surface area contributed by atoms with Gasteiger partial charge in [0.05, 0.1) is 24.6 Å². The van der Waals surface area contributed by atoms with Crippen LogP contribution >= 0.6 is 0 Å². The highest BCUT2D eigenvalue weighted by atomic mass is 16.5. The van der Waals surface area contributed by atoms with Crippen LogP contribution in [0.25, 0.3) is 0 Å². The summed E-state index contributed by atoms with van der Waals surface area (Å²) in [6.45, 7) is 2.87. The summed E-state index contributed by atoms with van der Waals surface area (Å²) < 4.78 is 5.46. The Hall–Kier alpha value is -3.64. The van der Waals surface area contributed by atoms with Crippen molar-refractivity contribution in [1.29, 1.82) is 0 Å². The summed E-state index contributed by atoms with van der Waals surface area (Å²) in [5, 5.41) is 6.00. The van der Waals surface area contributed by atoms with Crippen LogP contribution in [0.2, 0.25) is 0 Å². The molecule has 1 fully saturated rings. The summed E-state index contributed by atoms with van der Waals surface area (Å²) in [5.74, 6) is -0.485. The third-order valence-electron chi connectivity index (χ3n) is 5.74. The minimum Gasteiger partial charge on any atom is -0.378 e. The van der Waals surface area contributed by atoms with Gasteiger partial charge in [0.2, 0.25) is 5.91 Å². The number of nitrogens with one attached hydrogen (secondary N) is 2. The van der Waals surface area contributed by atoms with E-state index in [2.05, 4.69) is 15.5 Å². The topological polar surface area (TPSA) is 70.7 Å². The highest BCUT2D eigenvalue weighted by Gasteiger charge is 2.23. The number of aryl methyl sites for hydroxylation is 1. The Morgan fingerprint density at radius 1 is 0.848 bits per heavy atom. The van der Waals surface area contributed by atoms with Crippen LogP contribution in [0.4, 0.5) is 11.4 Å². The third kappa shape index (κ3) is 6.20. The standard InChI is InChI=1S/C27H29N3O3/c31-26(22-11-5-2-6-12-22)29-24(16-15-21-9-3-1-4-10-21)27(32)28-23-13-7-8-14-25(23)30-17-19-33-20-18-30/h1-14,24H,15-20H2,(H,28,32)(H,29,31). The minimum atomic E-state index is -0.671. The van der Waals surface area contributed by atoms with Gasteiger partial charge in [0.25, 0.3) is 5.91 Å². The van der Waals surface area contributed by atoms with Crippen molar-refractivity contribution in [3.05, 3.63) is 96.1 Å². The molecule has 0 bridgehead atoms. The Bertz CT molecular complexity index is 1050. The molecular formula is C27H29N3O3. The van der Waals surface area contributed by atoms with Gasteiger partial charge in [0.1, 0.15) is 6.04 Å².